The molecule has 0 aliphatic rings. The van der Waals surface area contributed by atoms with E-state index in [2.05, 4.69) is 10.8 Å². The SMILES string of the molecule is O=C(CCCCCONC(=O)Nc1ccc(F)cc1)NO. The molecule has 1 rings (SSSR count). The van der Waals surface area contributed by atoms with E-state index < -0.39 is 11.9 Å². The molecule has 0 saturated heterocycles. The van der Waals surface area contributed by atoms with Crippen molar-refractivity contribution in [2.45, 2.75) is 25.7 Å². The Bertz CT molecular complexity index is 453. The van der Waals surface area contributed by atoms with Gasteiger partial charge >= 0.3 is 6.03 Å². The first kappa shape index (κ1) is 16.9. The van der Waals surface area contributed by atoms with Crippen molar-refractivity contribution in [3.63, 3.8) is 0 Å². The number of hydrogen-bond donors (Lipinski definition) is 4. The normalized spacial score (nSPS) is 10.0. The first-order chi connectivity index (χ1) is 10.1. The Balaban J connectivity index is 2.03. The van der Waals surface area contributed by atoms with Crippen molar-refractivity contribution in [2.24, 2.45) is 0 Å². The number of hydroxylamine groups is 2. The molecule has 1 aromatic rings. The van der Waals surface area contributed by atoms with E-state index in [9.17, 15) is 14.0 Å². The summed E-state index contributed by atoms with van der Waals surface area (Å²) in [6.07, 6.45) is 2.26. The molecule has 0 aliphatic carbocycles. The van der Waals surface area contributed by atoms with Crippen LogP contribution < -0.4 is 16.3 Å². The lowest BCUT2D eigenvalue weighted by molar-refractivity contribution is -0.129. The van der Waals surface area contributed by atoms with E-state index >= 15 is 0 Å². The summed E-state index contributed by atoms with van der Waals surface area (Å²) >= 11 is 0. The van der Waals surface area contributed by atoms with Crippen LogP contribution in [-0.4, -0.2) is 23.8 Å². The van der Waals surface area contributed by atoms with Crippen LogP contribution in [0.15, 0.2) is 24.3 Å². The molecule has 116 valence electrons. The van der Waals surface area contributed by atoms with Gasteiger partial charge in [0.15, 0.2) is 0 Å². The van der Waals surface area contributed by atoms with Crippen molar-refractivity contribution in [1.82, 2.24) is 11.0 Å². The molecule has 3 amide bonds. The van der Waals surface area contributed by atoms with Crippen molar-refractivity contribution in [1.29, 1.82) is 0 Å². The molecular weight excluding hydrogens is 281 g/mol. The minimum absolute atomic E-state index is 0.245. The number of halogens is 1. The molecular formula is C13H18FN3O4. The van der Waals surface area contributed by atoms with Gasteiger partial charge < -0.3 is 5.32 Å². The van der Waals surface area contributed by atoms with Gasteiger partial charge in [-0.3, -0.25) is 14.8 Å². The first-order valence-corrected chi connectivity index (χ1v) is 6.49. The van der Waals surface area contributed by atoms with E-state index in [1.165, 1.54) is 24.3 Å². The fourth-order valence-corrected chi connectivity index (χ4v) is 1.50. The third-order valence-electron chi connectivity index (χ3n) is 2.54. The maximum Gasteiger partial charge on any atom is 0.343 e. The predicted octanol–water partition coefficient (Wildman–Crippen LogP) is 1.94. The number of carbonyl (C=O) groups excluding carboxylic acids is 2. The lowest BCUT2D eigenvalue weighted by Crippen LogP contribution is -2.29. The second-order valence-corrected chi connectivity index (χ2v) is 4.26. The van der Waals surface area contributed by atoms with Crippen molar-refractivity contribution in [3.8, 4) is 0 Å². The molecule has 0 bridgehead atoms. The van der Waals surface area contributed by atoms with E-state index in [-0.39, 0.29) is 12.2 Å². The molecule has 0 fully saturated rings. The average molecular weight is 299 g/mol. The monoisotopic (exact) mass is 299 g/mol. The van der Waals surface area contributed by atoms with Gasteiger partial charge in [-0.1, -0.05) is 6.42 Å². The van der Waals surface area contributed by atoms with Gasteiger partial charge in [-0.15, -0.1) is 0 Å². The van der Waals surface area contributed by atoms with Crippen molar-refractivity contribution in [2.75, 3.05) is 11.9 Å². The summed E-state index contributed by atoms with van der Waals surface area (Å²) in [5.74, 6) is -0.806. The van der Waals surface area contributed by atoms with Crippen LogP contribution in [-0.2, 0) is 9.63 Å². The summed E-state index contributed by atoms with van der Waals surface area (Å²) in [4.78, 5) is 27.0. The molecule has 0 radical (unpaired) electrons. The zero-order chi connectivity index (χ0) is 15.5. The molecule has 0 saturated carbocycles. The van der Waals surface area contributed by atoms with E-state index in [0.717, 1.165) is 6.42 Å². The minimum Gasteiger partial charge on any atom is -0.306 e. The van der Waals surface area contributed by atoms with Crippen LogP contribution >= 0.6 is 0 Å². The van der Waals surface area contributed by atoms with Crippen LogP contribution in [0.2, 0.25) is 0 Å². The molecule has 0 heterocycles. The number of nitrogens with one attached hydrogen (secondary N) is 3. The van der Waals surface area contributed by atoms with E-state index in [1.807, 2.05) is 0 Å². The Labute approximate surface area is 121 Å². The Hall–Kier alpha value is -2.19. The summed E-state index contributed by atoms with van der Waals surface area (Å²) < 4.78 is 12.7. The number of urea groups is 1. The highest BCUT2D eigenvalue weighted by Gasteiger charge is 2.02. The second kappa shape index (κ2) is 9.67. The van der Waals surface area contributed by atoms with Crippen LogP contribution in [0, 0.1) is 5.82 Å². The molecule has 21 heavy (non-hydrogen) atoms. The Kier molecular flexibility index (Phi) is 7.77. The zero-order valence-electron chi connectivity index (χ0n) is 11.4. The number of anilines is 1. The van der Waals surface area contributed by atoms with E-state index in [4.69, 9.17) is 10.0 Å². The van der Waals surface area contributed by atoms with Gasteiger partial charge in [0.2, 0.25) is 5.91 Å². The third-order valence-corrected chi connectivity index (χ3v) is 2.54. The number of hydrogen-bond acceptors (Lipinski definition) is 4. The average Bonchev–Trinajstić information content (AvgIpc) is 2.48. The number of carbonyl (C=O) groups is 2. The summed E-state index contributed by atoms with van der Waals surface area (Å²) in [6.45, 7) is 0.303. The fourth-order valence-electron chi connectivity index (χ4n) is 1.50. The van der Waals surface area contributed by atoms with Crippen LogP contribution in [0.3, 0.4) is 0 Å². The van der Waals surface area contributed by atoms with Crippen molar-refractivity contribution >= 4 is 17.6 Å². The van der Waals surface area contributed by atoms with Gasteiger partial charge in [-0.25, -0.2) is 20.1 Å². The molecule has 4 N–H and O–H groups in total. The molecule has 0 unspecified atom stereocenters. The molecule has 7 nitrogen and oxygen atoms in total. The summed E-state index contributed by atoms with van der Waals surface area (Å²) in [7, 11) is 0. The highest BCUT2D eigenvalue weighted by molar-refractivity contribution is 5.88. The van der Waals surface area contributed by atoms with Gasteiger partial charge in [0.1, 0.15) is 5.82 Å². The smallest absolute Gasteiger partial charge is 0.306 e. The number of rotatable bonds is 8. The van der Waals surface area contributed by atoms with Gasteiger partial charge in [-0.05, 0) is 37.1 Å². The van der Waals surface area contributed by atoms with Gasteiger partial charge in [0, 0.05) is 12.1 Å². The van der Waals surface area contributed by atoms with Crippen LogP contribution in [0.25, 0.3) is 0 Å². The molecule has 0 atom stereocenters. The van der Waals surface area contributed by atoms with Crippen molar-refractivity contribution in [3.05, 3.63) is 30.1 Å². The largest absolute Gasteiger partial charge is 0.343 e. The Morgan fingerprint density at radius 1 is 1.14 bits per heavy atom. The standard InChI is InChI=1S/C13H18FN3O4/c14-10-5-7-11(8-6-10)15-13(19)17-21-9-3-1-2-4-12(18)16-20/h5-8,20H,1-4,9H2,(H,16,18)(H2,15,17,19). The van der Waals surface area contributed by atoms with Crippen molar-refractivity contribution < 1.29 is 24.0 Å². The van der Waals surface area contributed by atoms with E-state index in [0.29, 0.717) is 25.1 Å². The van der Waals surface area contributed by atoms with Gasteiger partial charge in [0.25, 0.3) is 0 Å². The van der Waals surface area contributed by atoms with Gasteiger partial charge in [-0.2, -0.15) is 0 Å². The lowest BCUT2D eigenvalue weighted by atomic mass is 10.2. The Morgan fingerprint density at radius 3 is 2.52 bits per heavy atom. The topological polar surface area (TPSA) is 99.7 Å². The third kappa shape index (κ3) is 7.85. The maximum atomic E-state index is 12.7. The Morgan fingerprint density at radius 2 is 1.86 bits per heavy atom. The first-order valence-electron chi connectivity index (χ1n) is 6.49. The van der Waals surface area contributed by atoms with E-state index in [1.54, 1.807) is 5.48 Å². The zero-order valence-corrected chi connectivity index (χ0v) is 11.4. The number of amides is 3. The molecule has 1 aromatic carbocycles. The maximum absolute atomic E-state index is 12.7. The second-order valence-electron chi connectivity index (χ2n) is 4.26. The van der Waals surface area contributed by atoms with Crippen LogP contribution in [0.5, 0.6) is 0 Å². The summed E-state index contributed by atoms with van der Waals surface area (Å²) in [5.41, 5.74) is 4.19. The highest BCUT2D eigenvalue weighted by atomic mass is 19.1. The summed E-state index contributed by atoms with van der Waals surface area (Å²) in [6, 6.07) is 4.78. The highest BCUT2D eigenvalue weighted by Crippen LogP contribution is 2.07. The van der Waals surface area contributed by atoms with Crippen LogP contribution in [0.1, 0.15) is 25.7 Å². The summed E-state index contributed by atoms with van der Waals surface area (Å²) in [5, 5.41) is 10.7. The lowest BCUT2D eigenvalue weighted by Gasteiger charge is -2.07. The predicted molar refractivity (Wildman–Crippen MR) is 72.9 cm³/mol. The molecule has 0 aliphatic heterocycles. The number of unbranched alkanes of at least 4 members (excludes halogenated alkanes) is 2. The molecule has 0 aromatic heterocycles. The fraction of sp³-hybridized carbons (Fsp3) is 0.385. The molecule has 0 spiro atoms. The van der Waals surface area contributed by atoms with Crippen LogP contribution in [0.4, 0.5) is 14.9 Å². The quantitative estimate of drug-likeness (QED) is 0.335. The van der Waals surface area contributed by atoms with Gasteiger partial charge in [0.05, 0.1) is 6.61 Å². The minimum atomic E-state index is -0.554. The number of benzene rings is 1. The molecule has 8 heteroatoms.